The van der Waals surface area contributed by atoms with Crippen LogP contribution in [0.2, 0.25) is 5.02 Å². The van der Waals surface area contributed by atoms with Crippen LogP contribution < -0.4 is 0 Å². The maximum atomic E-state index is 13.2. The minimum Gasteiger partial charge on any atom is -0.339 e. The van der Waals surface area contributed by atoms with Gasteiger partial charge in [-0.05, 0) is 29.6 Å². The Kier molecular flexibility index (Phi) is 4.11. The van der Waals surface area contributed by atoms with Crippen molar-refractivity contribution in [2.75, 3.05) is 13.1 Å². The quantitative estimate of drug-likeness (QED) is 0.672. The van der Waals surface area contributed by atoms with Crippen molar-refractivity contribution in [3.63, 3.8) is 0 Å². The molecule has 0 amide bonds. The Balaban J connectivity index is 1.49. The van der Waals surface area contributed by atoms with E-state index < -0.39 is 15.8 Å². The number of rotatable bonds is 4. The number of halogens is 2. The van der Waals surface area contributed by atoms with Crippen LogP contribution in [0.4, 0.5) is 4.39 Å². The van der Waals surface area contributed by atoms with E-state index in [-0.39, 0.29) is 28.9 Å². The van der Waals surface area contributed by atoms with Crippen LogP contribution in [0.5, 0.6) is 0 Å². The molecule has 0 aliphatic carbocycles. The molecule has 1 fully saturated rings. The first-order valence-corrected chi connectivity index (χ1v) is 10.0. The van der Waals surface area contributed by atoms with Gasteiger partial charge in [0.05, 0.1) is 15.8 Å². The molecular weight excluding hydrogens is 389 g/mol. The van der Waals surface area contributed by atoms with E-state index in [9.17, 15) is 12.8 Å². The average Bonchev–Trinajstić information content (AvgIpc) is 3.19. The largest absolute Gasteiger partial charge is 0.339 e. The van der Waals surface area contributed by atoms with E-state index in [2.05, 4.69) is 10.1 Å². The van der Waals surface area contributed by atoms with Crippen molar-refractivity contribution in [2.45, 2.75) is 10.8 Å². The Bertz CT molecular complexity index is 1010. The van der Waals surface area contributed by atoms with Gasteiger partial charge in [0, 0.05) is 24.0 Å². The summed E-state index contributed by atoms with van der Waals surface area (Å²) in [4.78, 5) is 4.29. The molecule has 0 N–H and O–H groups in total. The Morgan fingerprint density at radius 3 is 2.80 bits per heavy atom. The highest BCUT2D eigenvalue weighted by Crippen LogP contribution is 2.33. The van der Waals surface area contributed by atoms with Gasteiger partial charge in [0.1, 0.15) is 5.82 Å². The predicted molar refractivity (Wildman–Crippen MR) is 90.5 cm³/mol. The topological polar surface area (TPSA) is 76.3 Å². The summed E-state index contributed by atoms with van der Waals surface area (Å²) in [6.45, 7) is 0.450. The SMILES string of the molecule is O=S(=O)(c1ccc(F)c(Cl)c1)N1CC(c2nc(-c3ccsc3)no2)C1. The number of thiophene rings is 1. The fourth-order valence-corrected chi connectivity index (χ4v) is 4.92. The van der Waals surface area contributed by atoms with Crippen molar-refractivity contribution in [1.82, 2.24) is 14.4 Å². The fraction of sp³-hybridized carbons (Fsp3) is 0.200. The van der Waals surface area contributed by atoms with E-state index in [0.29, 0.717) is 11.7 Å². The average molecular weight is 400 g/mol. The molecule has 130 valence electrons. The van der Waals surface area contributed by atoms with Gasteiger partial charge in [0.25, 0.3) is 0 Å². The number of nitrogens with zero attached hydrogens (tertiary/aromatic N) is 3. The lowest BCUT2D eigenvalue weighted by Gasteiger charge is -2.35. The van der Waals surface area contributed by atoms with Crippen molar-refractivity contribution in [2.24, 2.45) is 0 Å². The van der Waals surface area contributed by atoms with Crippen molar-refractivity contribution < 1.29 is 17.3 Å². The number of hydrogen-bond acceptors (Lipinski definition) is 6. The van der Waals surface area contributed by atoms with Crippen molar-refractivity contribution in [3.8, 4) is 11.4 Å². The van der Waals surface area contributed by atoms with Crippen LogP contribution in [-0.2, 0) is 10.0 Å². The summed E-state index contributed by atoms with van der Waals surface area (Å²) >= 11 is 7.20. The number of aromatic nitrogens is 2. The van der Waals surface area contributed by atoms with E-state index in [1.165, 1.54) is 21.7 Å². The summed E-state index contributed by atoms with van der Waals surface area (Å²) in [5.41, 5.74) is 0.866. The molecule has 2 aromatic heterocycles. The third-order valence-electron chi connectivity index (χ3n) is 3.95. The molecule has 0 saturated carbocycles. The minimum absolute atomic E-state index is 0.0400. The van der Waals surface area contributed by atoms with E-state index >= 15 is 0 Å². The molecule has 0 radical (unpaired) electrons. The standard InChI is InChI=1S/C15H11ClFN3O3S2/c16-12-5-11(1-2-13(12)17)25(21,22)20-6-10(7-20)15-18-14(19-23-15)9-3-4-24-8-9/h1-5,8,10H,6-7H2. The summed E-state index contributed by atoms with van der Waals surface area (Å²) in [6, 6.07) is 5.24. The van der Waals surface area contributed by atoms with E-state index in [0.717, 1.165) is 17.7 Å². The van der Waals surface area contributed by atoms with Gasteiger partial charge in [0.15, 0.2) is 0 Å². The number of hydrogen-bond donors (Lipinski definition) is 0. The molecule has 3 heterocycles. The van der Waals surface area contributed by atoms with Gasteiger partial charge in [0.2, 0.25) is 21.7 Å². The summed E-state index contributed by atoms with van der Waals surface area (Å²) in [6.07, 6.45) is 0. The van der Waals surface area contributed by atoms with Crippen LogP contribution in [0, 0.1) is 5.82 Å². The van der Waals surface area contributed by atoms with E-state index in [4.69, 9.17) is 16.1 Å². The van der Waals surface area contributed by atoms with Gasteiger partial charge in [-0.15, -0.1) is 0 Å². The van der Waals surface area contributed by atoms with Crippen LogP contribution in [0.25, 0.3) is 11.4 Å². The van der Waals surface area contributed by atoms with Gasteiger partial charge in [-0.25, -0.2) is 12.8 Å². The van der Waals surface area contributed by atoms with Crippen LogP contribution in [0.15, 0.2) is 44.4 Å². The summed E-state index contributed by atoms with van der Waals surface area (Å²) in [5.74, 6) is 0.0761. The molecule has 0 bridgehead atoms. The molecule has 0 spiro atoms. The van der Waals surface area contributed by atoms with Crippen LogP contribution in [0.3, 0.4) is 0 Å². The maximum Gasteiger partial charge on any atom is 0.243 e. The third-order valence-corrected chi connectivity index (χ3v) is 6.75. The molecule has 1 saturated heterocycles. The molecule has 1 aromatic carbocycles. The Hall–Kier alpha value is -1.81. The highest BCUT2D eigenvalue weighted by atomic mass is 35.5. The predicted octanol–water partition coefficient (Wildman–Crippen LogP) is 3.38. The lowest BCUT2D eigenvalue weighted by atomic mass is 10.0. The van der Waals surface area contributed by atoms with Gasteiger partial charge in [-0.2, -0.15) is 20.6 Å². The fourth-order valence-electron chi connectivity index (χ4n) is 2.49. The maximum absolute atomic E-state index is 13.2. The molecule has 25 heavy (non-hydrogen) atoms. The molecule has 3 aromatic rings. The van der Waals surface area contributed by atoms with Gasteiger partial charge in [-0.3, -0.25) is 0 Å². The highest BCUT2D eigenvalue weighted by molar-refractivity contribution is 7.89. The normalized spacial score (nSPS) is 16.1. The van der Waals surface area contributed by atoms with Crippen LogP contribution >= 0.6 is 22.9 Å². The summed E-state index contributed by atoms with van der Waals surface area (Å²) in [7, 11) is -3.72. The smallest absolute Gasteiger partial charge is 0.243 e. The number of sulfonamides is 1. The second-order valence-electron chi connectivity index (χ2n) is 5.56. The van der Waals surface area contributed by atoms with Crippen LogP contribution in [0.1, 0.15) is 11.8 Å². The zero-order valence-corrected chi connectivity index (χ0v) is 15.0. The molecule has 6 nitrogen and oxygen atoms in total. The first-order valence-electron chi connectivity index (χ1n) is 7.26. The minimum atomic E-state index is -3.72. The van der Waals surface area contributed by atoms with Gasteiger partial charge < -0.3 is 4.52 Å². The van der Waals surface area contributed by atoms with E-state index in [1.807, 2.05) is 16.8 Å². The first-order chi connectivity index (χ1) is 11.9. The lowest BCUT2D eigenvalue weighted by Crippen LogP contribution is -2.48. The van der Waals surface area contributed by atoms with E-state index in [1.54, 1.807) is 0 Å². The summed E-state index contributed by atoms with van der Waals surface area (Å²) < 4.78 is 44.8. The zero-order valence-electron chi connectivity index (χ0n) is 12.6. The lowest BCUT2D eigenvalue weighted by molar-refractivity contribution is 0.217. The number of benzene rings is 1. The van der Waals surface area contributed by atoms with Gasteiger partial charge >= 0.3 is 0 Å². The Morgan fingerprint density at radius 1 is 1.32 bits per heavy atom. The monoisotopic (exact) mass is 399 g/mol. The second kappa shape index (κ2) is 6.17. The molecular formula is C15H11ClFN3O3S2. The first kappa shape index (κ1) is 16.6. The van der Waals surface area contributed by atoms with Crippen molar-refractivity contribution >= 4 is 33.0 Å². The summed E-state index contributed by atoms with van der Waals surface area (Å²) in [5, 5.41) is 7.52. The Labute approximate surface area is 151 Å². The van der Waals surface area contributed by atoms with Crippen molar-refractivity contribution in [3.05, 3.63) is 51.8 Å². The molecule has 4 rings (SSSR count). The Morgan fingerprint density at radius 2 is 2.12 bits per heavy atom. The molecule has 1 aliphatic heterocycles. The molecule has 0 unspecified atom stereocenters. The van der Waals surface area contributed by atoms with Crippen molar-refractivity contribution in [1.29, 1.82) is 0 Å². The molecule has 10 heteroatoms. The highest BCUT2D eigenvalue weighted by Gasteiger charge is 2.40. The second-order valence-corrected chi connectivity index (χ2v) is 8.69. The van der Waals surface area contributed by atoms with Gasteiger partial charge in [-0.1, -0.05) is 16.8 Å². The molecule has 1 aliphatic rings. The van der Waals surface area contributed by atoms with Crippen LogP contribution in [-0.4, -0.2) is 36.0 Å². The molecule has 0 atom stereocenters. The zero-order chi connectivity index (χ0) is 17.6. The third kappa shape index (κ3) is 2.97.